The molecular weight excluding hydrogens is 120 g/mol. The number of rotatable bonds is 0. The Balaban J connectivity index is 2.29. The van der Waals surface area contributed by atoms with Crippen LogP contribution in [0.1, 0.15) is 0 Å². The number of hydrazine groups is 1. The second kappa shape index (κ2) is 3.12. The van der Waals surface area contributed by atoms with Crippen LogP contribution < -0.4 is 5.84 Å². The lowest BCUT2D eigenvalue weighted by Crippen LogP contribution is -2.37. The molecule has 0 spiro atoms. The smallest absolute Gasteiger partial charge is 0.0914 e. The topological polar surface area (TPSA) is 58.7 Å². The number of hydrogen-bond donors (Lipinski definition) is 2. The molecule has 1 unspecified atom stereocenters. The summed E-state index contributed by atoms with van der Waals surface area (Å²) in [4.78, 5) is 0. The van der Waals surface area contributed by atoms with Gasteiger partial charge in [-0.1, -0.05) is 0 Å². The Bertz CT molecular complexity index is 79.0. The van der Waals surface area contributed by atoms with Crippen molar-refractivity contribution in [2.75, 3.05) is 26.3 Å². The number of β-amino-alcohol motifs (C(OH)–C–C–N with tert-alkyl or cyclic N) is 1. The number of aliphatic hydroxyl groups excluding tert-OH is 1. The van der Waals surface area contributed by atoms with Gasteiger partial charge in [0, 0.05) is 13.1 Å². The van der Waals surface area contributed by atoms with Crippen molar-refractivity contribution in [1.29, 1.82) is 0 Å². The molecule has 4 heteroatoms. The largest absolute Gasteiger partial charge is 0.389 e. The number of hydrogen-bond acceptors (Lipinski definition) is 4. The summed E-state index contributed by atoms with van der Waals surface area (Å²) >= 11 is 0. The molecule has 3 N–H and O–H groups in total. The highest BCUT2D eigenvalue weighted by Gasteiger charge is 2.12. The summed E-state index contributed by atoms with van der Waals surface area (Å²) < 4.78 is 5.01. The zero-order chi connectivity index (χ0) is 6.69. The van der Waals surface area contributed by atoms with Crippen LogP contribution in [0.2, 0.25) is 0 Å². The normalized spacial score (nSPS) is 32.0. The summed E-state index contributed by atoms with van der Waals surface area (Å²) in [5.74, 6) is 5.42. The first-order valence-corrected chi connectivity index (χ1v) is 3.04. The van der Waals surface area contributed by atoms with Crippen LogP contribution in [0.5, 0.6) is 0 Å². The number of nitrogens with two attached hydrogens (primary N) is 1. The minimum absolute atomic E-state index is 0.410. The molecule has 0 amide bonds. The quantitative estimate of drug-likeness (QED) is 0.396. The average molecular weight is 132 g/mol. The molecule has 1 aliphatic heterocycles. The third-order valence-electron chi connectivity index (χ3n) is 1.28. The monoisotopic (exact) mass is 132 g/mol. The van der Waals surface area contributed by atoms with Crippen LogP contribution >= 0.6 is 0 Å². The fourth-order valence-electron chi connectivity index (χ4n) is 0.816. The molecule has 0 bridgehead atoms. The Morgan fingerprint density at radius 2 is 2.44 bits per heavy atom. The van der Waals surface area contributed by atoms with Crippen LogP contribution in [-0.4, -0.2) is 42.5 Å². The van der Waals surface area contributed by atoms with Gasteiger partial charge < -0.3 is 9.84 Å². The van der Waals surface area contributed by atoms with Crippen LogP contribution in [0.4, 0.5) is 0 Å². The molecule has 4 nitrogen and oxygen atoms in total. The zero-order valence-electron chi connectivity index (χ0n) is 5.29. The van der Waals surface area contributed by atoms with Gasteiger partial charge in [-0.25, -0.2) is 5.01 Å². The van der Waals surface area contributed by atoms with Gasteiger partial charge in [-0.05, 0) is 0 Å². The Morgan fingerprint density at radius 1 is 1.67 bits per heavy atom. The Morgan fingerprint density at radius 3 is 3.22 bits per heavy atom. The maximum absolute atomic E-state index is 9.01. The highest BCUT2D eigenvalue weighted by atomic mass is 16.5. The molecule has 0 radical (unpaired) electrons. The summed E-state index contributed by atoms with van der Waals surface area (Å²) in [7, 11) is 0. The standard InChI is InChI=1S/C5H12N2O2/c6-7-1-2-9-4-5(8)3-7/h5,8H,1-4,6H2. The fourth-order valence-corrected chi connectivity index (χ4v) is 0.816. The highest BCUT2D eigenvalue weighted by molar-refractivity contribution is 4.62. The Kier molecular flexibility index (Phi) is 2.41. The Hall–Kier alpha value is -0.160. The SMILES string of the molecule is NN1CCOCC(O)C1. The number of nitrogens with zero attached hydrogens (tertiary/aromatic N) is 1. The summed E-state index contributed by atoms with van der Waals surface area (Å²) in [6, 6.07) is 0. The molecule has 1 aliphatic rings. The van der Waals surface area contributed by atoms with Crippen molar-refractivity contribution in [2.24, 2.45) is 5.84 Å². The van der Waals surface area contributed by atoms with Gasteiger partial charge in [0.15, 0.2) is 0 Å². The first kappa shape index (κ1) is 6.95. The molecule has 1 fully saturated rings. The molecule has 1 saturated heterocycles. The highest BCUT2D eigenvalue weighted by Crippen LogP contribution is 1.93. The van der Waals surface area contributed by atoms with Gasteiger partial charge in [-0.2, -0.15) is 0 Å². The van der Waals surface area contributed by atoms with Gasteiger partial charge in [0.05, 0.1) is 19.3 Å². The van der Waals surface area contributed by atoms with Gasteiger partial charge in [0.25, 0.3) is 0 Å². The van der Waals surface area contributed by atoms with Crippen molar-refractivity contribution in [3.05, 3.63) is 0 Å². The van der Waals surface area contributed by atoms with Crippen molar-refractivity contribution in [2.45, 2.75) is 6.10 Å². The van der Waals surface area contributed by atoms with Gasteiger partial charge in [-0.3, -0.25) is 5.84 Å². The average Bonchev–Trinajstić information content (AvgIpc) is 1.93. The van der Waals surface area contributed by atoms with E-state index in [1.54, 1.807) is 5.01 Å². The number of ether oxygens (including phenoxy) is 1. The molecule has 0 saturated carbocycles. The maximum Gasteiger partial charge on any atom is 0.0914 e. The third-order valence-corrected chi connectivity index (χ3v) is 1.28. The lowest BCUT2D eigenvalue weighted by Gasteiger charge is -2.12. The van der Waals surface area contributed by atoms with E-state index in [1.807, 2.05) is 0 Å². The first-order chi connectivity index (χ1) is 4.29. The van der Waals surface area contributed by atoms with E-state index >= 15 is 0 Å². The molecule has 54 valence electrons. The number of aliphatic hydroxyl groups is 1. The van der Waals surface area contributed by atoms with Crippen LogP contribution in [-0.2, 0) is 4.74 Å². The molecule has 0 aromatic rings. The van der Waals surface area contributed by atoms with Gasteiger partial charge in [-0.15, -0.1) is 0 Å². The lowest BCUT2D eigenvalue weighted by molar-refractivity contribution is 0.0565. The zero-order valence-corrected chi connectivity index (χ0v) is 5.29. The van der Waals surface area contributed by atoms with E-state index in [1.165, 1.54) is 0 Å². The summed E-state index contributed by atoms with van der Waals surface area (Å²) in [6.07, 6.45) is -0.419. The predicted octanol–water partition coefficient (Wildman–Crippen LogP) is -1.45. The molecule has 1 heterocycles. The van der Waals surface area contributed by atoms with Crippen LogP contribution in [0, 0.1) is 0 Å². The van der Waals surface area contributed by atoms with Crippen LogP contribution in [0.25, 0.3) is 0 Å². The summed E-state index contributed by atoms with van der Waals surface area (Å²) in [5, 5.41) is 10.6. The van der Waals surface area contributed by atoms with E-state index < -0.39 is 6.10 Å². The second-order valence-electron chi connectivity index (χ2n) is 2.22. The molecule has 0 aromatic carbocycles. The van der Waals surface area contributed by atoms with E-state index in [2.05, 4.69) is 0 Å². The molecule has 0 aromatic heterocycles. The van der Waals surface area contributed by atoms with E-state index in [-0.39, 0.29) is 0 Å². The van der Waals surface area contributed by atoms with Gasteiger partial charge in [0.1, 0.15) is 0 Å². The minimum Gasteiger partial charge on any atom is -0.389 e. The molecular formula is C5H12N2O2. The Labute approximate surface area is 54.2 Å². The lowest BCUT2D eigenvalue weighted by atomic mass is 10.4. The fraction of sp³-hybridized carbons (Fsp3) is 1.00. The first-order valence-electron chi connectivity index (χ1n) is 3.04. The van der Waals surface area contributed by atoms with Gasteiger partial charge >= 0.3 is 0 Å². The van der Waals surface area contributed by atoms with Crippen molar-refractivity contribution >= 4 is 0 Å². The van der Waals surface area contributed by atoms with Crippen molar-refractivity contribution in [3.63, 3.8) is 0 Å². The van der Waals surface area contributed by atoms with E-state index in [0.717, 1.165) is 0 Å². The van der Waals surface area contributed by atoms with Gasteiger partial charge in [0.2, 0.25) is 0 Å². The van der Waals surface area contributed by atoms with Crippen LogP contribution in [0.3, 0.4) is 0 Å². The third kappa shape index (κ3) is 2.28. The van der Waals surface area contributed by atoms with E-state index in [0.29, 0.717) is 26.3 Å². The molecule has 1 rings (SSSR count). The summed E-state index contributed by atoms with van der Waals surface area (Å²) in [5.41, 5.74) is 0. The maximum atomic E-state index is 9.01. The minimum atomic E-state index is -0.419. The summed E-state index contributed by atoms with van der Waals surface area (Å²) in [6.45, 7) is 2.25. The van der Waals surface area contributed by atoms with E-state index in [4.69, 9.17) is 15.7 Å². The molecule has 1 atom stereocenters. The van der Waals surface area contributed by atoms with Crippen molar-refractivity contribution < 1.29 is 9.84 Å². The van der Waals surface area contributed by atoms with Crippen molar-refractivity contribution in [3.8, 4) is 0 Å². The molecule has 9 heavy (non-hydrogen) atoms. The second-order valence-corrected chi connectivity index (χ2v) is 2.22. The van der Waals surface area contributed by atoms with Crippen molar-refractivity contribution in [1.82, 2.24) is 5.01 Å². The van der Waals surface area contributed by atoms with E-state index in [9.17, 15) is 0 Å². The molecule has 0 aliphatic carbocycles. The van der Waals surface area contributed by atoms with Crippen LogP contribution in [0.15, 0.2) is 0 Å². The predicted molar refractivity (Wildman–Crippen MR) is 32.6 cm³/mol.